The summed E-state index contributed by atoms with van der Waals surface area (Å²) >= 11 is 0. The Morgan fingerprint density at radius 2 is 1.88 bits per heavy atom. The second-order valence-corrected chi connectivity index (χ2v) is 5.64. The first-order valence-electron chi connectivity index (χ1n) is 7.54. The number of rotatable bonds is 4. The van der Waals surface area contributed by atoms with Crippen molar-refractivity contribution < 1.29 is 27.8 Å². The van der Waals surface area contributed by atoms with Crippen LogP contribution in [0.15, 0.2) is 30.3 Å². The van der Waals surface area contributed by atoms with Gasteiger partial charge in [0.2, 0.25) is 0 Å². The predicted molar refractivity (Wildman–Crippen MR) is 87.2 cm³/mol. The highest BCUT2D eigenvalue weighted by atomic mass is 19.4. The third-order valence-corrected chi connectivity index (χ3v) is 3.76. The largest absolute Gasteiger partial charge is 0.479 e. The summed E-state index contributed by atoms with van der Waals surface area (Å²) in [5.74, 6) is -1.87. The molecule has 0 atom stereocenters. The summed E-state index contributed by atoms with van der Waals surface area (Å²) < 4.78 is 43.7. The number of aromatic carboxylic acids is 1. The van der Waals surface area contributed by atoms with Crippen LogP contribution in [0.4, 0.5) is 13.2 Å². The summed E-state index contributed by atoms with van der Waals surface area (Å²) in [5, 5.41) is 9.39. The fourth-order valence-corrected chi connectivity index (χ4v) is 2.66. The average molecular weight is 365 g/mol. The van der Waals surface area contributed by atoms with Crippen molar-refractivity contribution in [3.05, 3.63) is 41.7 Å². The molecule has 136 valence electrons. The van der Waals surface area contributed by atoms with Crippen LogP contribution in [0.1, 0.15) is 16.2 Å². The number of alkyl halides is 3. The molecule has 1 N–H and O–H groups in total. The third-order valence-electron chi connectivity index (χ3n) is 3.76. The van der Waals surface area contributed by atoms with Crippen LogP contribution in [0, 0.1) is 6.92 Å². The molecule has 0 bridgehead atoms. The first-order valence-corrected chi connectivity index (χ1v) is 7.54. The van der Waals surface area contributed by atoms with E-state index in [1.54, 1.807) is 31.2 Å². The zero-order valence-corrected chi connectivity index (χ0v) is 13.8. The van der Waals surface area contributed by atoms with Crippen molar-refractivity contribution in [1.29, 1.82) is 0 Å². The van der Waals surface area contributed by atoms with E-state index in [4.69, 9.17) is 4.74 Å². The molecule has 0 saturated heterocycles. The number of hydrogen-bond acceptors (Lipinski definition) is 4. The molecule has 3 aromatic rings. The van der Waals surface area contributed by atoms with Gasteiger partial charge in [0.1, 0.15) is 0 Å². The van der Waals surface area contributed by atoms with Gasteiger partial charge in [-0.1, -0.05) is 30.3 Å². The Labute approximate surface area is 145 Å². The van der Waals surface area contributed by atoms with Gasteiger partial charge in [0.15, 0.2) is 29.2 Å². The molecule has 0 saturated carbocycles. The van der Waals surface area contributed by atoms with Crippen LogP contribution in [0.3, 0.4) is 0 Å². The van der Waals surface area contributed by atoms with Gasteiger partial charge >= 0.3 is 12.1 Å². The predicted octanol–water partition coefficient (Wildman–Crippen LogP) is 3.58. The first kappa shape index (κ1) is 17.7. The number of hydrogen-bond donors (Lipinski definition) is 1. The van der Waals surface area contributed by atoms with E-state index in [9.17, 15) is 23.1 Å². The van der Waals surface area contributed by atoms with Crippen LogP contribution in [0.5, 0.6) is 5.75 Å². The minimum Gasteiger partial charge on any atom is -0.479 e. The molecule has 1 aromatic carbocycles. The standard InChI is InChI=1S/C17H14F3N3O3/c1-9-11(10-6-4-3-5-7-10)22-12-14(26-8-17(18,19)20)13(16(24)25)23(2)15(12)21-9/h3-7H,8H2,1-2H3,(H,24,25). The molecule has 0 fully saturated rings. The molecule has 6 nitrogen and oxygen atoms in total. The third kappa shape index (κ3) is 3.19. The molecule has 0 aliphatic carbocycles. The summed E-state index contributed by atoms with van der Waals surface area (Å²) in [5.41, 5.74) is 1.34. The maximum atomic E-state index is 12.6. The summed E-state index contributed by atoms with van der Waals surface area (Å²) in [7, 11) is 1.39. The van der Waals surface area contributed by atoms with Crippen molar-refractivity contribution in [3.63, 3.8) is 0 Å². The average Bonchev–Trinajstić information content (AvgIpc) is 2.84. The molecular weight excluding hydrogens is 351 g/mol. The summed E-state index contributed by atoms with van der Waals surface area (Å²) in [6, 6.07) is 8.94. The van der Waals surface area contributed by atoms with Crippen molar-refractivity contribution in [2.24, 2.45) is 7.05 Å². The van der Waals surface area contributed by atoms with Crippen LogP contribution in [-0.4, -0.2) is 38.4 Å². The Morgan fingerprint density at radius 3 is 2.46 bits per heavy atom. The van der Waals surface area contributed by atoms with Crippen LogP contribution in [0.25, 0.3) is 22.4 Å². The van der Waals surface area contributed by atoms with Gasteiger partial charge in [0.25, 0.3) is 0 Å². The zero-order valence-electron chi connectivity index (χ0n) is 13.8. The van der Waals surface area contributed by atoms with E-state index >= 15 is 0 Å². The summed E-state index contributed by atoms with van der Waals surface area (Å²) in [6.07, 6.45) is -4.61. The number of benzene rings is 1. The first-order chi connectivity index (χ1) is 12.2. The van der Waals surface area contributed by atoms with Crippen molar-refractivity contribution in [1.82, 2.24) is 14.5 Å². The van der Waals surface area contributed by atoms with E-state index in [2.05, 4.69) is 9.97 Å². The molecule has 0 radical (unpaired) electrons. The van der Waals surface area contributed by atoms with Gasteiger partial charge in [0.05, 0.1) is 11.4 Å². The number of aryl methyl sites for hydroxylation is 2. The number of carboxylic acids is 1. The van der Waals surface area contributed by atoms with Crippen LogP contribution in [0.2, 0.25) is 0 Å². The van der Waals surface area contributed by atoms with Gasteiger partial charge in [-0.15, -0.1) is 0 Å². The van der Waals surface area contributed by atoms with Crippen molar-refractivity contribution in [3.8, 4) is 17.0 Å². The van der Waals surface area contributed by atoms with Gasteiger partial charge in [-0.05, 0) is 6.92 Å². The van der Waals surface area contributed by atoms with E-state index < -0.39 is 30.2 Å². The Hall–Kier alpha value is -3.10. The van der Waals surface area contributed by atoms with E-state index in [0.29, 0.717) is 17.0 Å². The second-order valence-electron chi connectivity index (χ2n) is 5.64. The Bertz CT molecular complexity index is 982. The second kappa shape index (κ2) is 6.32. The fourth-order valence-electron chi connectivity index (χ4n) is 2.66. The molecule has 3 rings (SSSR count). The minimum atomic E-state index is -4.61. The lowest BCUT2D eigenvalue weighted by Crippen LogP contribution is -2.20. The molecule has 9 heteroatoms. The summed E-state index contributed by atoms with van der Waals surface area (Å²) in [6.45, 7) is 0.0705. The molecule has 0 aliphatic rings. The number of nitrogens with zero attached hydrogens (tertiary/aromatic N) is 3. The molecule has 26 heavy (non-hydrogen) atoms. The van der Waals surface area contributed by atoms with E-state index in [0.717, 1.165) is 4.57 Å². The molecule has 0 unspecified atom stereocenters. The topological polar surface area (TPSA) is 77.2 Å². The lowest BCUT2D eigenvalue weighted by atomic mass is 10.1. The SMILES string of the molecule is Cc1nc2c(nc1-c1ccccc1)c(OCC(F)(F)F)c(C(=O)O)n2C. The monoisotopic (exact) mass is 365 g/mol. The van der Waals surface area contributed by atoms with Crippen LogP contribution >= 0.6 is 0 Å². The highest BCUT2D eigenvalue weighted by molar-refractivity contribution is 5.98. The molecule has 2 heterocycles. The number of fused-ring (bicyclic) bond motifs is 1. The normalized spacial score (nSPS) is 11.7. The highest BCUT2D eigenvalue weighted by Crippen LogP contribution is 2.34. The minimum absolute atomic E-state index is 0.0291. The number of carboxylic acid groups (broad SMARTS) is 1. The van der Waals surface area contributed by atoms with Crippen molar-refractivity contribution in [2.45, 2.75) is 13.1 Å². The highest BCUT2D eigenvalue weighted by Gasteiger charge is 2.32. The number of ether oxygens (including phenoxy) is 1. The smallest absolute Gasteiger partial charge is 0.422 e. The van der Waals surface area contributed by atoms with E-state index in [-0.39, 0.29) is 11.2 Å². The molecule has 0 aliphatic heterocycles. The molecule has 0 amide bonds. The van der Waals surface area contributed by atoms with Gasteiger partial charge in [-0.2, -0.15) is 13.2 Å². The maximum absolute atomic E-state index is 12.6. The van der Waals surface area contributed by atoms with Gasteiger partial charge in [0, 0.05) is 12.6 Å². The quantitative estimate of drug-likeness (QED) is 0.765. The number of aromatic nitrogens is 3. The van der Waals surface area contributed by atoms with E-state index in [1.807, 2.05) is 6.07 Å². The van der Waals surface area contributed by atoms with Gasteiger partial charge < -0.3 is 14.4 Å². The maximum Gasteiger partial charge on any atom is 0.422 e. The van der Waals surface area contributed by atoms with Gasteiger partial charge in [-0.3, -0.25) is 0 Å². The van der Waals surface area contributed by atoms with Crippen LogP contribution in [-0.2, 0) is 7.05 Å². The fraction of sp³-hybridized carbons (Fsp3) is 0.235. The van der Waals surface area contributed by atoms with E-state index in [1.165, 1.54) is 7.05 Å². The summed E-state index contributed by atoms with van der Waals surface area (Å²) in [4.78, 5) is 20.2. The molecule has 0 spiro atoms. The number of halogens is 3. The lowest BCUT2D eigenvalue weighted by molar-refractivity contribution is -0.153. The Kier molecular flexibility index (Phi) is 4.31. The molecule has 2 aromatic heterocycles. The lowest BCUT2D eigenvalue weighted by Gasteiger charge is -2.09. The van der Waals surface area contributed by atoms with Crippen molar-refractivity contribution >= 4 is 17.1 Å². The van der Waals surface area contributed by atoms with Crippen LogP contribution < -0.4 is 4.74 Å². The number of carbonyl (C=O) groups is 1. The molecular formula is C17H14F3N3O3. The van der Waals surface area contributed by atoms with Crippen molar-refractivity contribution in [2.75, 3.05) is 6.61 Å². The Morgan fingerprint density at radius 1 is 1.23 bits per heavy atom. The Balaban J connectivity index is 2.25. The van der Waals surface area contributed by atoms with Gasteiger partial charge in [-0.25, -0.2) is 14.8 Å². The zero-order chi connectivity index (χ0) is 19.1.